The molecule has 1 aliphatic carbocycles. The Balaban J connectivity index is 2.17. The molecule has 0 spiro atoms. The van der Waals surface area contributed by atoms with Crippen LogP contribution in [0.4, 0.5) is 0 Å². The molecular weight excluding hydrogens is 138 g/mol. The van der Waals surface area contributed by atoms with E-state index in [0.29, 0.717) is 12.3 Å². The number of ketones is 1. The van der Waals surface area contributed by atoms with E-state index in [2.05, 4.69) is 6.92 Å². The first-order valence-electron chi connectivity index (χ1n) is 4.38. The molecule has 0 amide bonds. The molecule has 0 saturated heterocycles. The number of rotatable bonds is 3. The average molecular weight is 155 g/mol. The van der Waals surface area contributed by atoms with Gasteiger partial charge < -0.3 is 5.73 Å². The molecule has 0 aliphatic heterocycles. The molecular formula is C9H17NO. The summed E-state index contributed by atoms with van der Waals surface area (Å²) in [5, 5.41) is 0. The lowest BCUT2D eigenvalue weighted by Crippen LogP contribution is -2.32. The molecule has 2 heteroatoms. The molecule has 11 heavy (non-hydrogen) atoms. The molecule has 1 fully saturated rings. The largest absolute Gasteiger partial charge is 0.322 e. The normalized spacial score (nSPS) is 32.6. The topological polar surface area (TPSA) is 43.1 Å². The Hall–Kier alpha value is -0.370. The van der Waals surface area contributed by atoms with Gasteiger partial charge >= 0.3 is 0 Å². The summed E-state index contributed by atoms with van der Waals surface area (Å²) in [4.78, 5) is 11.1. The summed E-state index contributed by atoms with van der Waals surface area (Å²) < 4.78 is 0. The summed E-state index contributed by atoms with van der Waals surface area (Å²) in [6, 6.07) is -0.258. The maximum Gasteiger partial charge on any atom is 0.149 e. The lowest BCUT2D eigenvalue weighted by atomic mass is 9.73. The van der Waals surface area contributed by atoms with Gasteiger partial charge in [0.25, 0.3) is 0 Å². The van der Waals surface area contributed by atoms with Crippen molar-refractivity contribution in [3.05, 3.63) is 0 Å². The van der Waals surface area contributed by atoms with E-state index in [-0.39, 0.29) is 11.8 Å². The van der Waals surface area contributed by atoms with Gasteiger partial charge in [-0.3, -0.25) is 4.79 Å². The zero-order chi connectivity index (χ0) is 8.43. The summed E-state index contributed by atoms with van der Waals surface area (Å²) in [6.07, 6.45) is 3.15. The molecule has 1 unspecified atom stereocenters. The first-order chi connectivity index (χ1) is 5.09. The molecule has 0 aromatic heterocycles. The zero-order valence-electron chi connectivity index (χ0n) is 7.34. The SMILES string of the molecule is CC1CC(CC(=O)C(C)N)C1. The van der Waals surface area contributed by atoms with E-state index in [9.17, 15) is 4.79 Å². The highest BCUT2D eigenvalue weighted by molar-refractivity contribution is 5.83. The Morgan fingerprint density at radius 1 is 1.64 bits per heavy atom. The van der Waals surface area contributed by atoms with Crippen LogP contribution in [-0.4, -0.2) is 11.8 Å². The van der Waals surface area contributed by atoms with Gasteiger partial charge in [0.15, 0.2) is 0 Å². The van der Waals surface area contributed by atoms with E-state index in [1.54, 1.807) is 6.92 Å². The van der Waals surface area contributed by atoms with E-state index in [1.165, 1.54) is 12.8 Å². The highest BCUT2D eigenvalue weighted by Gasteiger charge is 2.27. The van der Waals surface area contributed by atoms with Crippen molar-refractivity contribution in [3.63, 3.8) is 0 Å². The first kappa shape index (κ1) is 8.72. The van der Waals surface area contributed by atoms with Crippen LogP contribution in [0.15, 0.2) is 0 Å². The number of hydrogen-bond acceptors (Lipinski definition) is 2. The molecule has 1 aliphatic rings. The minimum absolute atomic E-state index is 0.224. The van der Waals surface area contributed by atoms with Crippen LogP contribution in [0.2, 0.25) is 0 Å². The maximum atomic E-state index is 11.1. The van der Waals surface area contributed by atoms with E-state index in [4.69, 9.17) is 5.73 Å². The molecule has 0 bridgehead atoms. The van der Waals surface area contributed by atoms with Gasteiger partial charge in [-0.05, 0) is 31.6 Å². The van der Waals surface area contributed by atoms with Crippen molar-refractivity contribution in [2.75, 3.05) is 0 Å². The molecule has 64 valence electrons. The summed E-state index contributed by atoms with van der Waals surface area (Å²) >= 11 is 0. The molecule has 0 aromatic carbocycles. The molecule has 1 atom stereocenters. The Bertz CT molecular complexity index is 148. The second-order valence-corrected chi connectivity index (χ2v) is 3.90. The fourth-order valence-electron chi connectivity index (χ4n) is 1.71. The molecule has 0 aromatic rings. The number of Topliss-reactive ketones (excluding diaryl/α,β-unsaturated/α-hetero) is 1. The van der Waals surface area contributed by atoms with Crippen molar-refractivity contribution >= 4 is 5.78 Å². The molecule has 2 N–H and O–H groups in total. The minimum atomic E-state index is -0.258. The van der Waals surface area contributed by atoms with Crippen molar-refractivity contribution < 1.29 is 4.79 Å². The smallest absolute Gasteiger partial charge is 0.149 e. The van der Waals surface area contributed by atoms with E-state index < -0.39 is 0 Å². The molecule has 1 rings (SSSR count). The predicted molar refractivity (Wildman–Crippen MR) is 45.2 cm³/mol. The predicted octanol–water partition coefficient (Wildman–Crippen LogP) is 1.34. The van der Waals surface area contributed by atoms with Crippen LogP contribution in [0.3, 0.4) is 0 Å². The van der Waals surface area contributed by atoms with Gasteiger partial charge in [-0.1, -0.05) is 6.92 Å². The van der Waals surface area contributed by atoms with Crippen LogP contribution in [0.5, 0.6) is 0 Å². The summed E-state index contributed by atoms with van der Waals surface area (Å²) in [7, 11) is 0. The second-order valence-electron chi connectivity index (χ2n) is 3.90. The fourth-order valence-corrected chi connectivity index (χ4v) is 1.71. The van der Waals surface area contributed by atoms with Crippen molar-refractivity contribution in [2.24, 2.45) is 17.6 Å². The van der Waals surface area contributed by atoms with Crippen LogP contribution in [-0.2, 0) is 4.79 Å². The van der Waals surface area contributed by atoms with Gasteiger partial charge in [0.2, 0.25) is 0 Å². The highest BCUT2D eigenvalue weighted by atomic mass is 16.1. The zero-order valence-corrected chi connectivity index (χ0v) is 7.34. The van der Waals surface area contributed by atoms with Crippen LogP contribution >= 0.6 is 0 Å². The van der Waals surface area contributed by atoms with E-state index >= 15 is 0 Å². The molecule has 1 saturated carbocycles. The number of carbonyl (C=O) groups is 1. The van der Waals surface area contributed by atoms with E-state index in [1.807, 2.05) is 0 Å². The van der Waals surface area contributed by atoms with Gasteiger partial charge in [0.1, 0.15) is 5.78 Å². The molecule has 0 heterocycles. The first-order valence-corrected chi connectivity index (χ1v) is 4.38. The molecule has 2 nitrogen and oxygen atoms in total. The third-order valence-electron chi connectivity index (χ3n) is 2.47. The number of hydrogen-bond donors (Lipinski definition) is 1. The summed E-state index contributed by atoms with van der Waals surface area (Å²) in [5.41, 5.74) is 5.45. The monoisotopic (exact) mass is 155 g/mol. The maximum absolute atomic E-state index is 11.1. The van der Waals surface area contributed by atoms with Gasteiger partial charge in [0.05, 0.1) is 6.04 Å². The van der Waals surface area contributed by atoms with Crippen LogP contribution < -0.4 is 5.73 Å². The van der Waals surface area contributed by atoms with Crippen molar-refractivity contribution in [3.8, 4) is 0 Å². The van der Waals surface area contributed by atoms with Gasteiger partial charge in [-0.15, -0.1) is 0 Å². The Morgan fingerprint density at radius 2 is 2.18 bits per heavy atom. The highest BCUT2D eigenvalue weighted by Crippen LogP contribution is 2.35. The van der Waals surface area contributed by atoms with Crippen LogP contribution in [0.25, 0.3) is 0 Å². The Kier molecular flexibility index (Phi) is 2.66. The third kappa shape index (κ3) is 2.29. The lowest BCUT2D eigenvalue weighted by Gasteiger charge is -2.32. The van der Waals surface area contributed by atoms with Crippen molar-refractivity contribution in [1.82, 2.24) is 0 Å². The standard InChI is InChI=1S/C9H17NO/c1-6-3-8(4-6)5-9(11)7(2)10/h6-8H,3-5,10H2,1-2H3. The minimum Gasteiger partial charge on any atom is -0.322 e. The lowest BCUT2D eigenvalue weighted by molar-refractivity contribution is -0.121. The van der Waals surface area contributed by atoms with Crippen molar-refractivity contribution in [1.29, 1.82) is 0 Å². The third-order valence-corrected chi connectivity index (χ3v) is 2.47. The quantitative estimate of drug-likeness (QED) is 0.668. The Morgan fingerprint density at radius 3 is 2.55 bits per heavy atom. The van der Waals surface area contributed by atoms with Crippen LogP contribution in [0, 0.1) is 11.8 Å². The second kappa shape index (κ2) is 3.35. The van der Waals surface area contributed by atoms with E-state index in [0.717, 1.165) is 5.92 Å². The summed E-state index contributed by atoms with van der Waals surface area (Å²) in [6.45, 7) is 4.00. The Labute approximate surface area is 68.2 Å². The van der Waals surface area contributed by atoms with Gasteiger partial charge in [0, 0.05) is 6.42 Å². The average Bonchev–Trinajstić information content (AvgIpc) is 1.84. The van der Waals surface area contributed by atoms with Gasteiger partial charge in [-0.2, -0.15) is 0 Å². The van der Waals surface area contributed by atoms with Crippen molar-refractivity contribution in [2.45, 2.75) is 39.2 Å². The number of carbonyl (C=O) groups excluding carboxylic acids is 1. The summed E-state index contributed by atoms with van der Waals surface area (Å²) in [5.74, 6) is 1.70. The molecule has 0 radical (unpaired) electrons. The fraction of sp³-hybridized carbons (Fsp3) is 0.889. The number of nitrogens with two attached hydrogens (primary N) is 1. The van der Waals surface area contributed by atoms with Gasteiger partial charge in [-0.25, -0.2) is 0 Å². The van der Waals surface area contributed by atoms with Crippen LogP contribution in [0.1, 0.15) is 33.1 Å².